The van der Waals surface area contributed by atoms with Crippen LogP contribution in [0.1, 0.15) is 11.4 Å². The van der Waals surface area contributed by atoms with Gasteiger partial charge in [-0.15, -0.1) is 0 Å². The quantitative estimate of drug-likeness (QED) is 0.723. The zero-order valence-electron chi connectivity index (χ0n) is 7.91. The Balaban J connectivity index is 2.52. The summed E-state index contributed by atoms with van der Waals surface area (Å²) < 4.78 is 5.07. The van der Waals surface area contributed by atoms with Gasteiger partial charge in [0.05, 0.1) is 0 Å². The van der Waals surface area contributed by atoms with Crippen LogP contribution in [0.15, 0.2) is 22.7 Å². The minimum absolute atomic E-state index is 0.539. The molecule has 0 atom stereocenters. The highest BCUT2D eigenvalue weighted by molar-refractivity contribution is 6.30. The number of aryl methyl sites for hydroxylation is 2. The van der Waals surface area contributed by atoms with E-state index in [-0.39, 0.29) is 0 Å². The maximum absolute atomic E-state index is 5.84. The van der Waals surface area contributed by atoms with E-state index < -0.39 is 0 Å². The molecule has 0 N–H and O–H groups in total. The summed E-state index contributed by atoms with van der Waals surface area (Å²) in [4.78, 5) is 4.15. The van der Waals surface area contributed by atoms with Gasteiger partial charge in [0.15, 0.2) is 5.82 Å². The lowest BCUT2D eigenvalue weighted by Crippen LogP contribution is -1.83. The van der Waals surface area contributed by atoms with Crippen LogP contribution in [-0.4, -0.2) is 10.1 Å². The molecule has 0 aliphatic carbocycles. The number of benzene rings is 1. The molecule has 1 aromatic heterocycles. The molecule has 4 heteroatoms. The smallest absolute Gasteiger partial charge is 0.258 e. The molecular weight excluding hydrogens is 200 g/mol. The lowest BCUT2D eigenvalue weighted by atomic mass is 10.1. The molecule has 1 heterocycles. The lowest BCUT2D eigenvalue weighted by molar-refractivity contribution is 0.425. The predicted octanol–water partition coefficient (Wildman–Crippen LogP) is 3.01. The Hall–Kier alpha value is -1.35. The normalized spacial score (nSPS) is 10.5. The van der Waals surface area contributed by atoms with E-state index in [4.69, 9.17) is 16.1 Å². The van der Waals surface area contributed by atoms with E-state index in [9.17, 15) is 0 Å². The first-order valence-corrected chi connectivity index (χ1v) is 4.61. The number of hydrogen-bond donors (Lipinski definition) is 0. The molecule has 0 aliphatic rings. The maximum Gasteiger partial charge on any atom is 0.258 e. The highest BCUT2D eigenvalue weighted by Gasteiger charge is 2.08. The fourth-order valence-corrected chi connectivity index (χ4v) is 1.50. The van der Waals surface area contributed by atoms with E-state index in [1.165, 1.54) is 0 Å². The average molecular weight is 209 g/mol. The van der Waals surface area contributed by atoms with Gasteiger partial charge in [-0.2, -0.15) is 4.98 Å². The van der Waals surface area contributed by atoms with Crippen molar-refractivity contribution >= 4 is 11.6 Å². The zero-order chi connectivity index (χ0) is 10.1. The van der Waals surface area contributed by atoms with Crippen molar-refractivity contribution < 1.29 is 4.52 Å². The minimum Gasteiger partial charge on any atom is -0.334 e. The number of aromatic nitrogens is 2. The van der Waals surface area contributed by atoms with E-state index in [1.807, 2.05) is 25.1 Å². The standard InChI is InChI=1S/C10H9ClN2O/c1-6-5-8(11)3-4-9(6)10-12-7(2)13-14-10/h3-5H,1-2H3. The van der Waals surface area contributed by atoms with Crippen LogP contribution in [0.5, 0.6) is 0 Å². The predicted molar refractivity (Wildman–Crippen MR) is 54.2 cm³/mol. The molecule has 0 fully saturated rings. The first kappa shape index (κ1) is 9.21. The van der Waals surface area contributed by atoms with Gasteiger partial charge in [-0.1, -0.05) is 16.8 Å². The second kappa shape index (κ2) is 3.42. The van der Waals surface area contributed by atoms with E-state index in [0.29, 0.717) is 16.7 Å². The molecule has 0 unspecified atom stereocenters. The fourth-order valence-electron chi connectivity index (χ4n) is 1.27. The third-order valence-corrected chi connectivity index (χ3v) is 2.18. The van der Waals surface area contributed by atoms with Gasteiger partial charge >= 0.3 is 0 Å². The summed E-state index contributed by atoms with van der Waals surface area (Å²) in [6.07, 6.45) is 0. The third kappa shape index (κ3) is 1.63. The summed E-state index contributed by atoms with van der Waals surface area (Å²) in [7, 11) is 0. The lowest BCUT2D eigenvalue weighted by Gasteiger charge is -1.99. The molecule has 2 rings (SSSR count). The summed E-state index contributed by atoms with van der Waals surface area (Å²) in [5, 5.41) is 4.45. The van der Waals surface area contributed by atoms with Crippen molar-refractivity contribution in [3.05, 3.63) is 34.6 Å². The molecule has 72 valence electrons. The van der Waals surface area contributed by atoms with Crippen molar-refractivity contribution in [1.29, 1.82) is 0 Å². The minimum atomic E-state index is 0.539. The van der Waals surface area contributed by atoms with Crippen molar-refractivity contribution in [2.24, 2.45) is 0 Å². The first-order valence-electron chi connectivity index (χ1n) is 4.23. The monoisotopic (exact) mass is 208 g/mol. The number of hydrogen-bond acceptors (Lipinski definition) is 3. The SMILES string of the molecule is Cc1noc(-c2ccc(Cl)cc2C)n1. The van der Waals surface area contributed by atoms with Crippen molar-refractivity contribution in [2.45, 2.75) is 13.8 Å². The van der Waals surface area contributed by atoms with Crippen LogP contribution in [0.3, 0.4) is 0 Å². The van der Waals surface area contributed by atoms with Gasteiger partial charge in [0.1, 0.15) is 0 Å². The fraction of sp³-hybridized carbons (Fsp3) is 0.200. The molecule has 0 spiro atoms. The van der Waals surface area contributed by atoms with Crippen LogP contribution in [0.4, 0.5) is 0 Å². The molecule has 0 aliphatic heterocycles. The Labute approximate surface area is 86.7 Å². The molecule has 0 saturated heterocycles. The highest BCUT2D eigenvalue weighted by Crippen LogP contribution is 2.24. The molecule has 0 bridgehead atoms. The average Bonchev–Trinajstić information content (AvgIpc) is 2.51. The van der Waals surface area contributed by atoms with Crippen molar-refractivity contribution in [2.75, 3.05) is 0 Å². The molecule has 0 amide bonds. The Kier molecular flexibility index (Phi) is 2.25. The van der Waals surface area contributed by atoms with E-state index >= 15 is 0 Å². The van der Waals surface area contributed by atoms with Crippen LogP contribution >= 0.6 is 11.6 Å². The summed E-state index contributed by atoms with van der Waals surface area (Å²) in [6.45, 7) is 3.75. The molecule has 14 heavy (non-hydrogen) atoms. The first-order chi connectivity index (χ1) is 6.66. The van der Waals surface area contributed by atoms with Gasteiger partial charge in [-0.3, -0.25) is 0 Å². The van der Waals surface area contributed by atoms with Crippen molar-refractivity contribution in [1.82, 2.24) is 10.1 Å². The van der Waals surface area contributed by atoms with Crippen LogP contribution in [-0.2, 0) is 0 Å². The molecule has 0 saturated carbocycles. The number of nitrogens with zero attached hydrogens (tertiary/aromatic N) is 2. The summed E-state index contributed by atoms with van der Waals surface area (Å²) in [5.41, 5.74) is 1.95. The van der Waals surface area contributed by atoms with Crippen molar-refractivity contribution in [3.63, 3.8) is 0 Å². The molecule has 3 nitrogen and oxygen atoms in total. The van der Waals surface area contributed by atoms with Crippen LogP contribution in [0.25, 0.3) is 11.5 Å². The van der Waals surface area contributed by atoms with Gasteiger partial charge in [0, 0.05) is 10.6 Å². The maximum atomic E-state index is 5.84. The summed E-state index contributed by atoms with van der Waals surface area (Å²) in [5.74, 6) is 1.17. The molecule has 0 radical (unpaired) electrons. The van der Waals surface area contributed by atoms with Gasteiger partial charge in [0.2, 0.25) is 0 Å². The Morgan fingerprint density at radius 3 is 2.64 bits per heavy atom. The van der Waals surface area contributed by atoms with Crippen LogP contribution in [0, 0.1) is 13.8 Å². The van der Waals surface area contributed by atoms with Gasteiger partial charge in [0.25, 0.3) is 5.89 Å². The van der Waals surface area contributed by atoms with Gasteiger partial charge in [-0.05, 0) is 37.6 Å². The Bertz CT molecular complexity index is 465. The van der Waals surface area contributed by atoms with E-state index in [2.05, 4.69) is 10.1 Å². The number of rotatable bonds is 1. The Morgan fingerprint density at radius 1 is 1.29 bits per heavy atom. The van der Waals surface area contributed by atoms with Crippen LogP contribution < -0.4 is 0 Å². The Morgan fingerprint density at radius 2 is 2.07 bits per heavy atom. The summed E-state index contributed by atoms with van der Waals surface area (Å²) in [6, 6.07) is 5.56. The summed E-state index contributed by atoms with van der Waals surface area (Å²) >= 11 is 5.84. The van der Waals surface area contributed by atoms with Crippen molar-refractivity contribution in [3.8, 4) is 11.5 Å². The second-order valence-electron chi connectivity index (χ2n) is 3.11. The third-order valence-electron chi connectivity index (χ3n) is 1.95. The van der Waals surface area contributed by atoms with Gasteiger partial charge < -0.3 is 4.52 Å². The van der Waals surface area contributed by atoms with E-state index in [1.54, 1.807) is 6.92 Å². The van der Waals surface area contributed by atoms with Gasteiger partial charge in [-0.25, -0.2) is 0 Å². The topological polar surface area (TPSA) is 38.9 Å². The van der Waals surface area contributed by atoms with E-state index in [0.717, 1.165) is 11.1 Å². The molecule has 2 aromatic rings. The van der Waals surface area contributed by atoms with Crippen LogP contribution in [0.2, 0.25) is 5.02 Å². The largest absolute Gasteiger partial charge is 0.334 e. The zero-order valence-corrected chi connectivity index (χ0v) is 8.67. The highest BCUT2D eigenvalue weighted by atomic mass is 35.5. The molecule has 1 aromatic carbocycles. The number of halogens is 1. The molecular formula is C10H9ClN2O. The second-order valence-corrected chi connectivity index (χ2v) is 3.54.